The fourth-order valence-electron chi connectivity index (χ4n) is 3.38. The third kappa shape index (κ3) is 11.9. The van der Waals surface area contributed by atoms with E-state index < -0.39 is 0 Å². The van der Waals surface area contributed by atoms with Crippen LogP contribution < -0.4 is 11.1 Å². The maximum atomic E-state index is 12.0. The Bertz CT molecular complexity index is 540. The molecule has 4 nitrogen and oxygen atoms in total. The van der Waals surface area contributed by atoms with Gasteiger partial charge in [0.2, 0.25) is 5.91 Å². The van der Waals surface area contributed by atoms with Gasteiger partial charge in [-0.3, -0.25) is 9.59 Å². The molecule has 158 valence electrons. The number of rotatable bonds is 17. The molecule has 0 saturated heterocycles. The van der Waals surface area contributed by atoms with Crippen molar-refractivity contribution in [2.24, 2.45) is 5.73 Å². The predicted octanol–water partition coefficient (Wildman–Crippen LogP) is 6.25. The SMILES string of the molecule is CCCCCCCCCCCCCCCC(=O)Nc1ccc(C(=O)CN)cc1. The molecule has 1 amide bonds. The predicted molar refractivity (Wildman–Crippen MR) is 119 cm³/mol. The zero-order chi connectivity index (χ0) is 20.5. The van der Waals surface area contributed by atoms with E-state index in [4.69, 9.17) is 5.73 Å². The summed E-state index contributed by atoms with van der Waals surface area (Å²) in [7, 11) is 0. The summed E-state index contributed by atoms with van der Waals surface area (Å²) in [6.07, 6.45) is 17.5. The van der Waals surface area contributed by atoms with Gasteiger partial charge in [-0.1, -0.05) is 84.0 Å². The van der Waals surface area contributed by atoms with Gasteiger partial charge in [-0.15, -0.1) is 0 Å². The van der Waals surface area contributed by atoms with Crippen LogP contribution in [0.25, 0.3) is 0 Å². The molecular formula is C24H40N2O2. The highest BCUT2D eigenvalue weighted by atomic mass is 16.1. The van der Waals surface area contributed by atoms with Crippen molar-refractivity contribution in [3.8, 4) is 0 Å². The molecule has 0 saturated carbocycles. The van der Waals surface area contributed by atoms with Crippen LogP contribution >= 0.6 is 0 Å². The molecule has 1 aromatic carbocycles. The molecule has 28 heavy (non-hydrogen) atoms. The fraction of sp³-hybridized carbons (Fsp3) is 0.667. The summed E-state index contributed by atoms with van der Waals surface area (Å²) in [4.78, 5) is 23.5. The second kappa shape index (κ2) is 16.3. The molecule has 4 heteroatoms. The molecule has 0 aromatic heterocycles. The largest absolute Gasteiger partial charge is 0.326 e. The number of nitrogens with one attached hydrogen (secondary N) is 1. The smallest absolute Gasteiger partial charge is 0.224 e. The van der Waals surface area contributed by atoms with Gasteiger partial charge in [0.15, 0.2) is 5.78 Å². The molecule has 0 unspecified atom stereocenters. The molecule has 1 aromatic rings. The second-order valence-corrected chi connectivity index (χ2v) is 7.75. The number of anilines is 1. The molecule has 3 N–H and O–H groups in total. The highest BCUT2D eigenvalue weighted by molar-refractivity contribution is 5.98. The number of hydrogen-bond donors (Lipinski definition) is 2. The van der Waals surface area contributed by atoms with E-state index in [-0.39, 0.29) is 18.2 Å². The number of unbranched alkanes of at least 4 members (excludes halogenated alkanes) is 12. The summed E-state index contributed by atoms with van der Waals surface area (Å²) in [5, 5.41) is 2.89. The van der Waals surface area contributed by atoms with Gasteiger partial charge in [-0.2, -0.15) is 0 Å². The van der Waals surface area contributed by atoms with Gasteiger partial charge in [0.05, 0.1) is 6.54 Å². The van der Waals surface area contributed by atoms with Gasteiger partial charge >= 0.3 is 0 Å². The first-order chi connectivity index (χ1) is 13.7. The Morgan fingerprint density at radius 2 is 1.21 bits per heavy atom. The van der Waals surface area contributed by atoms with Crippen LogP contribution in [-0.4, -0.2) is 18.2 Å². The first-order valence-electron chi connectivity index (χ1n) is 11.3. The van der Waals surface area contributed by atoms with Crippen molar-refractivity contribution in [2.75, 3.05) is 11.9 Å². The lowest BCUT2D eigenvalue weighted by molar-refractivity contribution is -0.116. The summed E-state index contributed by atoms with van der Waals surface area (Å²) < 4.78 is 0. The molecular weight excluding hydrogens is 348 g/mol. The zero-order valence-electron chi connectivity index (χ0n) is 17.8. The van der Waals surface area contributed by atoms with Crippen LogP contribution in [0.5, 0.6) is 0 Å². The quantitative estimate of drug-likeness (QED) is 0.245. The lowest BCUT2D eigenvalue weighted by Crippen LogP contribution is -2.14. The number of Topliss-reactive ketones (excluding diaryl/α,β-unsaturated/α-hetero) is 1. The highest BCUT2D eigenvalue weighted by Gasteiger charge is 2.05. The van der Waals surface area contributed by atoms with Crippen LogP contribution in [0.3, 0.4) is 0 Å². The minimum atomic E-state index is -0.0927. The topological polar surface area (TPSA) is 72.2 Å². The van der Waals surface area contributed by atoms with Gasteiger partial charge in [-0.05, 0) is 30.7 Å². The van der Waals surface area contributed by atoms with Gasteiger partial charge < -0.3 is 11.1 Å². The third-order valence-electron chi connectivity index (χ3n) is 5.18. The summed E-state index contributed by atoms with van der Waals surface area (Å²) >= 11 is 0. The second-order valence-electron chi connectivity index (χ2n) is 7.75. The molecule has 0 radical (unpaired) electrons. The van der Waals surface area contributed by atoms with E-state index in [1.54, 1.807) is 24.3 Å². The average Bonchev–Trinajstić information content (AvgIpc) is 2.71. The first-order valence-corrected chi connectivity index (χ1v) is 11.3. The Morgan fingerprint density at radius 1 is 0.750 bits per heavy atom. The molecule has 0 aliphatic heterocycles. The van der Waals surface area contributed by atoms with E-state index in [0.29, 0.717) is 12.0 Å². The Labute approximate surface area is 171 Å². The Morgan fingerprint density at radius 3 is 1.68 bits per heavy atom. The number of ketones is 1. The average molecular weight is 389 g/mol. The molecule has 0 aliphatic carbocycles. The Hall–Kier alpha value is -1.68. The number of benzene rings is 1. The van der Waals surface area contributed by atoms with Crippen molar-refractivity contribution in [3.05, 3.63) is 29.8 Å². The number of hydrogen-bond acceptors (Lipinski definition) is 3. The molecule has 0 spiro atoms. The number of carbonyl (C=O) groups excluding carboxylic acids is 2. The van der Waals surface area contributed by atoms with E-state index >= 15 is 0 Å². The monoisotopic (exact) mass is 388 g/mol. The minimum absolute atomic E-state index is 0.00472. The molecule has 0 heterocycles. The first kappa shape index (κ1) is 24.4. The Balaban J connectivity index is 1.96. The van der Waals surface area contributed by atoms with Crippen molar-refractivity contribution in [2.45, 2.75) is 96.8 Å². The summed E-state index contributed by atoms with van der Waals surface area (Å²) in [6, 6.07) is 6.92. The van der Waals surface area contributed by atoms with Crippen LogP contribution in [0, 0.1) is 0 Å². The van der Waals surface area contributed by atoms with E-state index in [2.05, 4.69) is 12.2 Å². The van der Waals surface area contributed by atoms with Crippen molar-refractivity contribution in [3.63, 3.8) is 0 Å². The lowest BCUT2D eigenvalue weighted by atomic mass is 10.0. The van der Waals surface area contributed by atoms with Crippen molar-refractivity contribution in [1.29, 1.82) is 0 Å². The fourth-order valence-corrected chi connectivity index (χ4v) is 3.38. The standard InChI is InChI=1S/C24H40N2O2/c1-2-3-4-5-6-7-8-9-10-11-12-13-14-15-24(28)26-22-18-16-21(17-19-22)23(27)20-25/h16-19H,2-15,20,25H2,1H3,(H,26,28). The van der Waals surface area contributed by atoms with Gasteiger partial charge in [0, 0.05) is 17.7 Å². The van der Waals surface area contributed by atoms with Crippen LogP contribution in [0.2, 0.25) is 0 Å². The molecule has 0 bridgehead atoms. The zero-order valence-corrected chi connectivity index (χ0v) is 17.8. The maximum Gasteiger partial charge on any atom is 0.224 e. The van der Waals surface area contributed by atoms with Gasteiger partial charge in [0.1, 0.15) is 0 Å². The van der Waals surface area contributed by atoms with Crippen LogP contribution in [0.1, 0.15) is 107 Å². The summed E-state index contributed by atoms with van der Waals surface area (Å²) in [6.45, 7) is 2.27. The van der Waals surface area contributed by atoms with Gasteiger partial charge in [-0.25, -0.2) is 0 Å². The van der Waals surface area contributed by atoms with E-state index in [9.17, 15) is 9.59 Å². The van der Waals surface area contributed by atoms with Crippen LogP contribution in [-0.2, 0) is 4.79 Å². The molecule has 0 atom stereocenters. The minimum Gasteiger partial charge on any atom is -0.326 e. The number of nitrogens with two attached hydrogens (primary N) is 1. The number of carbonyl (C=O) groups is 2. The van der Waals surface area contributed by atoms with E-state index in [0.717, 1.165) is 18.5 Å². The lowest BCUT2D eigenvalue weighted by Gasteiger charge is -2.06. The van der Waals surface area contributed by atoms with Crippen molar-refractivity contribution < 1.29 is 9.59 Å². The molecule has 1 rings (SSSR count). The van der Waals surface area contributed by atoms with Crippen molar-refractivity contribution >= 4 is 17.4 Å². The molecule has 0 aliphatic rings. The van der Waals surface area contributed by atoms with Crippen LogP contribution in [0.15, 0.2) is 24.3 Å². The van der Waals surface area contributed by atoms with Crippen molar-refractivity contribution in [1.82, 2.24) is 0 Å². The summed E-state index contributed by atoms with van der Waals surface area (Å²) in [5.74, 6) is -0.0502. The van der Waals surface area contributed by atoms with E-state index in [1.807, 2.05) is 0 Å². The maximum absolute atomic E-state index is 12.0. The van der Waals surface area contributed by atoms with E-state index in [1.165, 1.54) is 70.6 Å². The third-order valence-corrected chi connectivity index (χ3v) is 5.18. The Kier molecular flexibility index (Phi) is 14.2. The van der Waals surface area contributed by atoms with Crippen LogP contribution in [0.4, 0.5) is 5.69 Å². The van der Waals surface area contributed by atoms with Gasteiger partial charge in [0.25, 0.3) is 0 Å². The highest BCUT2D eigenvalue weighted by Crippen LogP contribution is 2.14. The molecule has 0 fully saturated rings. The normalized spacial score (nSPS) is 10.8. The number of amides is 1. The summed E-state index contributed by atoms with van der Waals surface area (Å²) in [5.41, 5.74) is 6.65.